The van der Waals surface area contributed by atoms with E-state index in [1.807, 2.05) is 24.3 Å². The van der Waals surface area contributed by atoms with E-state index >= 15 is 0 Å². The van der Waals surface area contributed by atoms with Crippen LogP contribution in [0.3, 0.4) is 0 Å². The van der Waals surface area contributed by atoms with Crippen LogP contribution in [0.4, 0.5) is 0 Å². The average Bonchev–Trinajstić information content (AvgIpc) is 2.30. The van der Waals surface area contributed by atoms with E-state index in [0.717, 1.165) is 4.47 Å². The van der Waals surface area contributed by atoms with Gasteiger partial charge in [0.15, 0.2) is 0 Å². The summed E-state index contributed by atoms with van der Waals surface area (Å²) in [5.74, 6) is 0.548. The summed E-state index contributed by atoms with van der Waals surface area (Å²) in [6.07, 6.45) is 0. The van der Waals surface area contributed by atoms with Crippen LogP contribution in [0.5, 0.6) is 0 Å². The van der Waals surface area contributed by atoms with Crippen molar-refractivity contribution in [2.24, 2.45) is 0 Å². The standard InChI is InChI=1S/C13H10BrCl/c14-12-7-5-10(6-8-12)13-4-2-1-3-11(13)9-15/h1-8H,9H2. The highest BCUT2D eigenvalue weighted by atomic mass is 79.9. The zero-order valence-corrected chi connectivity index (χ0v) is 10.4. The number of alkyl halides is 1. The lowest BCUT2D eigenvalue weighted by Gasteiger charge is -2.06. The Bertz CT molecular complexity index is 448. The normalized spacial score (nSPS) is 10.3. The van der Waals surface area contributed by atoms with Crippen molar-refractivity contribution in [3.63, 3.8) is 0 Å². The third-order valence-corrected chi connectivity index (χ3v) is 3.13. The van der Waals surface area contributed by atoms with Crippen LogP contribution in [-0.4, -0.2) is 0 Å². The van der Waals surface area contributed by atoms with Gasteiger partial charge in [-0.1, -0.05) is 52.3 Å². The molecule has 2 aromatic carbocycles. The van der Waals surface area contributed by atoms with Crippen molar-refractivity contribution in [1.29, 1.82) is 0 Å². The maximum Gasteiger partial charge on any atom is 0.0480 e. The Kier molecular flexibility index (Phi) is 3.45. The third-order valence-electron chi connectivity index (χ3n) is 2.32. The van der Waals surface area contributed by atoms with E-state index in [2.05, 4.69) is 40.2 Å². The van der Waals surface area contributed by atoms with E-state index in [4.69, 9.17) is 11.6 Å². The largest absolute Gasteiger partial charge is 0.122 e. The van der Waals surface area contributed by atoms with Crippen LogP contribution in [0.25, 0.3) is 11.1 Å². The molecule has 0 radical (unpaired) electrons. The topological polar surface area (TPSA) is 0 Å². The maximum absolute atomic E-state index is 5.90. The summed E-state index contributed by atoms with van der Waals surface area (Å²) in [4.78, 5) is 0. The van der Waals surface area contributed by atoms with Crippen LogP contribution in [0.1, 0.15) is 5.56 Å². The highest BCUT2D eigenvalue weighted by Gasteiger charge is 2.02. The predicted molar refractivity (Wildman–Crippen MR) is 69.1 cm³/mol. The molecule has 0 aliphatic carbocycles. The Morgan fingerprint density at radius 2 is 1.60 bits per heavy atom. The Hall–Kier alpha value is -0.790. The van der Waals surface area contributed by atoms with E-state index in [-0.39, 0.29) is 0 Å². The second kappa shape index (κ2) is 4.82. The first-order chi connectivity index (χ1) is 7.31. The molecule has 0 unspecified atom stereocenters. The lowest BCUT2D eigenvalue weighted by atomic mass is 10.0. The zero-order valence-electron chi connectivity index (χ0n) is 8.08. The number of rotatable bonds is 2. The van der Waals surface area contributed by atoms with E-state index in [0.29, 0.717) is 5.88 Å². The van der Waals surface area contributed by atoms with Crippen LogP contribution >= 0.6 is 27.5 Å². The molecule has 0 saturated heterocycles. The molecule has 0 N–H and O–H groups in total. The molecule has 2 aromatic rings. The molecule has 0 nitrogen and oxygen atoms in total. The first-order valence-corrected chi connectivity index (χ1v) is 6.04. The number of hydrogen-bond acceptors (Lipinski definition) is 0. The molecule has 0 aliphatic rings. The highest BCUT2D eigenvalue weighted by molar-refractivity contribution is 9.10. The van der Waals surface area contributed by atoms with E-state index in [1.54, 1.807) is 0 Å². The molecule has 0 aromatic heterocycles. The molecule has 2 rings (SSSR count). The minimum atomic E-state index is 0.548. The van der Waals surface area contributed by atoms with Gasteiger partial charge in [0.25, 0.3) is 0 Å². The minimum absolute atomic E-state index is 0.548. The summed E-state index contributed by atoms with van der Waals surface area (Å²) in [6, 6.07) is 16.5. The summed E-state index contributed by atoms with van der Waals surface area (Å²) in [7, 11) is 0. The van der Waals surface area contributed by atoms with Crippen LogP contribution in [0, 0.1) is 0 Å². The molecule has 0 aliphatic heterocycles. The fraction of sp³-hybridized carbons (Fsp3) is 0.0769. The molecular formula is C13H10BrCl. The van der Waals surface area contributed by atoms with Crippen molar-refractivity contribution in [3.8, 4) is 11.1 Å². The molecule has 0 bridgehead atoms. The lowest BCUT2D eigenvalue weighted by Crippen LogP contribution is -1.85. The number of hydrogen-bond donors (Lipinski definition) is 0. The molecular weight excluding hydrogens is 272 g/mol. The van der Waals surface area contributed by atoms with Crippen molar-refractivity contribution in [1.82, 2.24) is 0 Å². The monoisotopic (exact) mass is 280 g/mol. The van der Waals surface area contributed by atoms with Crippen LogP contribution in [0.2, 0.25) is 0 Å². The van der Waals surface area contributed by atoms with Crippen molar-refractivity contribution in [2.75, 3.05) is 0 Å². The van der Waals surface area contributed by atoms with Gasteiger partial charge in [-0.2, -0.15) is 0 Å². The van der Waals surface area contributed by atoms with Crippen molar-refractivity contribution < 1.29 is 0 Å². The molecule has 0 spiro atoms. The summed E-state index contributed by atoms with van der Waals surface area (Å²) in [6.45, 7) is 0. The minimum Gasteiger partial charge on any atom is -0.122 e. The van der Waals surface area contributed by atoms with Crippen LogP contribution < -0.4 is 0 Å². The smallest absolute Gasteiger partial charge is 0.0480 e. The second-order valence-corrected chi connectivity index (χ2v) is 4.48. The van der Waals surface area contributed by atoms with E-state index < -0.39 is 0 Å². The SMILES string of the molecule is ClCc1ccccc1-c1ccc(Br)cc1. The molecule has 0 fully saturated rings. The molecule has 0 atom stereocenters. The molecule has 15 heavy (non-hydrogen) atoms. The summed E-state index contributed by atoms with van der Waals surface area (Å²) >= 11 is 9.33. The van der Waals surface area contributed by atoms with Gasteiger partial charge in [-0.05, 0) is 28.8 Å². The van der Waals surface area contributed by atoms with Crippen LogP contribution in [0.15, 0.2) is 53.0 Å². The van der Waals surface area contributed by atoms with E-state index in [9.17, 15) is 0 Å². The zero-order chi connectivity index (χ0) is 10.7. The van der Waals surface area contributed by atoms with Gasteiger partial charge in [-0.15, -0.1) is 11.6 Å². The number of halogens is 2. The first-order valence-electron chi connectivity index (χ1n) is 4.71. The highest BCUT2D eigenvalue weighted by Crippen LogP contribution is 2.26. The molecule has 0 amide bonds. The Labute approximate surface area is 103 Å². The second-order valence-electron chi connectivity index (χ2n) is 3.30. The maximum atomic E-state index is 5.90. The van der Waals surface area contributed by atoms with Gasteiger partial charge in [0, 0.05) is 10.4 Å². The quantitative estimate of drug-likeness (QED) is 0.690. The van der Waals surface area contributed by atoms with E-state index in [1.165, 1.54) is 16.7 Å². The lowest BCUT2D eigenvalue weighted by molar-refractivity contribution is 1.40. The number of benzene rings is 2. The summed E-state index contributed by atoms with van der Waals surface area (Å²) in [5, 5.41) is 0. The summed E-state index contributed by atoms with van der Waals surface area (Å²) in [5.41, 5.74) is 3.58. The molecule has 2 heteroatoms. The Morgan fingerprint density at radius 3 is 2.27 bits per heavy atom. The van der Waals surface area contributed by atoms with Crippen molar-refractivity contribution in [2.45, 2.75) is 5.88 Å². The third kappa shape index (κ3) is 2.42. The summed E-state index contributed by atoms with van der Waals surface area (Å²) < 4.78 is 1.09. The fourth-order valence-electron chi connectivity index (χ4n) is 1.55. The first kappa shape index (κ1) is 10.7. The Balaban J connectivity index is 2.49. The molecule has 76 valence electrons. The predicted octanol–water partition coefficient (Wildman–Crippen LogP) is 4.85. The Morgan fingerprint density at radius 1 is 0.933 bits per heavy atom. The van der Waals surface area contributed by atoms with Gasteiger partial charge >= 0.3 is 0 Å². The van der Waals surface area contributed by atoms with Crippen molar-refractivity contribution in [3.05, 3.63) is 58.6 Å². The van der Waals surface area contributed by atoms with Gasteiger partial charge in [0.05, 0.1) is 0 Å². The van der Waals surface area contributed by atoms with Gasteiger partial charge < -0.3 is 0 Å². The van der Waals surface area contributed by atoms with Gasteiger partial charge in [-0.25, -0.2) is 0 Å². The molecule has 0 saturated carbocycles. The fourth-order valence-corrected chi connectivity index (χ4v) is 2.05. The average molecular weight is 282 g/mol. The molecule has 0 heterocycles. The van der Waals surface area contributed by atoms with Crippen LogP contribution in [-0.2, 0) is 5.88 Å². The van der Waals surface area contributed by atoms with Gasteiger partial charge in [0.2, 0.25) is 0 Å². The van der Waals surface area contributed by atoms with Gasteiger partial charge in [0.1, 0.15) is 0 Å². The van der Waals surface area contributed by atoms with Gasteiger partial charge in [-0.3, -0.25) is 0 Å². The van der Waals surface area contributed by atoms with Crippen molar-refractivity contribution >= 4 is 27.5 Å².